The van der Waals surface area contributed by atoms with E-state index in [1.165, 1.54) is 30.4 Å². The summed E-state index contributed by atoms with van der Waals surface area (Å²) in [5.41, 5.74) is 9.65. The number of pyridine rings is 1. The lowest BCUT2D eigenvalue weighted by Crippen LogP contribution is -2.25. The molecule has 1 atom stereocenters. The molecule has 0 saturated heterocycles. The molecule has 1 heterocycles. The molecular weight excluding hydrogens is 260 g/mol. The Bertz CT molecular complexity index is 649. The molecule has 2 aromatic rings. The molecule has 0 aliphatic heterocycles. The first-order valence-electron chi connectivity index (χ1n) is 7.60. The van der Waals surface area contributed by atoms with Crippen LogP contribution in [-0.2, 0) is 24.9 Å². The molecule has 1 aromatic heterocycles. The van der Waals surface area contributed by atoms with E-state index in [4.69, 9.17) is 5.73 Å². The van der Waals surface area contributed by atoms with Crippen molar-refractivity contribution in [2.45, 2.75) is 44.6 Å². The van der Waals surface area contributed by atoms with Crippen LogP contribution in [0.3, 0.4) is 0 Å². The summed E-state index contributed by atoms with van der Waals surface area (Å²) in [6.07, 6.45) is 7.05. The quantitative estimate of drug-likeness (QED) is 0.910. The average Bonchev–Trinajstić information content (AvgIpc) is 2.46. The van der Waals surface area contributed by atoms with Gasteiger partial charge in [-0.15, -0.1) is 0 Å². The Morgan fingerprint density at radius 2 is 1.90 bits per heavy atom. The van der Waals surface area contributed by atoms with Gasteiger partial charge in [-0.25, -0.2) is 4.98 Å². The molecule has 0 bridgehead atoms. The molecule has 0 radical (unpaired) electrons. The molecule has 1 aromatic carbocycles. The van der Waals surface area contributed by atoms with Crippen molar-refractivity contribution in [3.05, 3.63) is 58.8 Å². The lowest BCUT2D eigenvalue weighted by molar-refractivity contribution is 0.0575. The van der Waals surface area contributed by atoms with Crippen LogP contribution in [0.4, 0.5) is 5.82 Å². The van der Waals surface area contributed by atoms with Gasteiger partial charge in [0.15, 0.2) is 0 Å². The zero-order chi connectivity index (χ0) is 14.9. The second-order valence-electron chi connectivity index (χ2n) is 6.23. The Morgan fingerprint density at radius 3 is 2.67 bits per heavy atom. The van der Waals surface area contributed by atoms with Crippen LogP contribution in [0.5, 0.6) is 0 Å². The number of benzene rings is 1. The highest BCUT2D eigenvalue weighted by Crippen LogP contribution is 2.30. The number of anilines is 1. The fourth-order valence-corrected chi connectivity index (χ4v) is 3.17. The third-order valence-electron chi connectivity index (χ3n) is 4.36. The number of fused-ring (bicyclic) bond motifs is 1. The van der Waals surface area contributed by atoms with Gasteiger partial charge in [0, 0.05) is 12.6 Å². The smallest absolute Gasteiger partial charge is 0.123 e. The molecule has 0 saturated carbocycles. The normalized spacial score (nSPS) is 17.0. The van der Waals surface area contributed by atoms with Gasteiger partial charge in [-0.1, -0.05) is 18.2 Å². The predicted molar refractivity (Wildman–Crippen MR) is 85.0 cm³/mol. The van der Waals surface area contributed by atoms with Gasteiger partial charge in [0.1, 0.15) is 5.82 Å². The predicted octanol–water partition coefficient (Wildman–Crippen LogP) is 2.99. The van der Waals surface area contributed by atoms with Crippen LogP contribution in [0.2, 0.25) is 0 Å². The van der Waals surface area contributed by atoms with Gasteiger partial charge in [-0.3, -0.25) is 0 Å². The largest absolute Gasteiger partial charge is 0.385 e. The van der Waals surface area contributed by atoms with Crippen molar-refractivity contribution >= 4 is 5.82 Å². The van der Waals surface area contributed by atoms with Crippen LogP contribution in [0.25, 0.3) is 0 Å². The fourth-order valence-electron chi connectivity index (χ4n) is 3.17. The Hall–Kier alpha value is -1.87. The second-order valence-corrected chi connectivity index (χ2v) is 6.23. The van der Waals surface area contributed by atoms with Crippen molar-refractivity contribution in [3.63, 3.8) is 0 Å². The lowest BCUT2D eigenvalue weighted by atomic mass is 9.84. The van der Waals surface area contributed by atoms with E-state index in [0.717, 1.165) is 17.5 Å². The Morgan fingerprint density at radius 1 is 1.14 bits per heavy atom. The first-order chi connectivity index (χ1) is 10.0. The maximum atomic E-state index is 10.9. The van der Waals surface area contributed by atoms with Crippen LogP contribution < -0.4 is 5.73 Å². The third kappa shape index (κ3) is 3.08. The molecular formula is C18H22N2O. The van der Waals surface area contributed by atoms with Crippen LogP contribution in [0.15, 0.2) is 36.5 Å². The monoisotopic (exact) mass is 282 g/mol. The summed E-state index contributed by atoms with van der Waals surface area (Å²) < 4.78 is 0. The summed E-state index contributed by atoms with van der Waals surface area (Å²) in [6.45, 7) is 1.87. The van der Waals surface area contributed by atoms with Gasteiger partial charge in [0.05, 0.1) is 5.60 Å². The van der Waals surface area contributed by atoms with E-state index in [2.05, 4.69) is 23.2 Å². The first kappa shape index (κ1) is 14.1. The lowest BCUT2D eigenvalue weighted by Gasteiger charge is -2.26. The molecule has 0 spiro atoms. The van der Waals surface area contributed by atoms with Crippen LogP contribution in [-0.4, -0.2) is 10.1 Å². The number of nitrogens with two attached hydrogens (primary N) is 1. The first-order valence-corrected chi connectivity index (χ1v) is 7.60. The van der Waals surface area contributed by atoms with E-state index in [1.54, 1.807) is 6.20 Å². The maximum Gasteiger partial charge on any atom is 0.123 e. The topological polar surface area (TPSA) is 59.1 Å². The molecule has 3 N–H and O–H groups in total. The Kier molecular flexibility index (Phi) is 3.68. The summed E-state index contributed by atoms with van der Waals surface area (Å²) in [5.74, 6) is 0.494. The van der Waals surface area contributed by atoms with Gasteiger partial charge >= 0.3 is 0 Å². The SMILES string of the molecule is CC(O)(Cc1ccnc(N)c1)c1ccc2c(c1)CCCC2. The third-order valence-corrected chi connectivity index (χ3v) is 4.36. The molecule has 3 nitrogen and oxygen atoms in total. The van der Waals surface area contributed by atoms with Crippen molar-refractivity contribution < 1.29 is 5.11 Å². The van der Waals surface area contributed by atoms with Gasteiger partial charge in [0.2, 0.25) is 0 Å². The fraction of sp³-hybridized carbons (Fsp3) is 0.389. The van der Waals surface area contributed by atoms with E-state index in [0.29, 0.717) is 12.2 Å². The molecule has 1 unspecified atom stereocenters. The van der Waals surface area contributed by atoms with Crippen LogP contribution in [0.1, 0.15) is 42.0 Å². The molecule has 1 aliphatic carbocycles. The molecule has 110 valence electrons. The van der Waals surface area contributed by atoms with Crippen molar-refractivity contribution in [2.24, 2.45) is 0 Å². The summed E-state index contributed by atoms with van der Waals surface area (Å²) >= 11 is 0. The molecule has 3 heteroatoms. The molecule has 3 rings (SSSR count). The summed E-state index contributed by atoms with van der Waals surface area (Å²) in [5, 5.41) is 10.9. The minimum absolute atomic E-state index is 0.494. The standard InChI is InChI=1S/C18H22N2O/c1-18(21,12-13-8-9-20-17(19)10-13)16-7-6-14-4-2-3-5-15(14)11-16/h6-11,21H,2-5,12H2,1H3,(H2,19,20). The minimum Gasteiger partial charge on any atom is -0.385 e. The highest BCUT2D eigenvalue weighted by molar-refractivity contribution is 5.38. The van der Waals surface area contributed by atoms with Crippen molar-refractivity contribution in [2.75, 3.05) is 5.73 Å². The Balaban J connectivity index is 1.87. The maximum absolute atomic E-state index is 10.9. The highest BCUT2D eigenvalue weighted by atomic mass is 16.3. The van der Waals surface area contributed by atoms with Gasteiger partial charge in [-0.05, 0) is 67.0 Å². The molecule has 1 aliphatic rings. The number of hydrogen-bond donors (Lipinski definition) is 2. The average molecular weight is 282 g/mol. The summed E-state index contributed by atoms with van der Waals surface area (Å²) in [6, 6.07) is 10.2. The number of hydrogen-bond acceptors (Lipinski definition) is 3. The van der Waals surface area contributed by atoms with E-state index < -0.39 is 5.60 Å². The zero-order valence-electron chi connectivity index (χ0n) is 12.5. The summed E-state index contributed by atoms with van der Waals surface area (Å²) in [7, 11) is 0. The van der Waals surface area contributed by atoms with Gasteiger partial charge in [0.25, 0.3) is 0 Å². The minimum atomic E-state index is -0.889. The Labute approximate surface area is 125 Å². The van der Waals surface area contributed by atoms with Crippen LogP contribution >= 0.6 is 0 Å². The van der Waals surface area contributed by atoms with Crippen LogP contribution in [0, 0.1) is 0 Å². The van der Waals surface area contributed by atoms with Gasteiger partial charge < -0.3 is 10.8 Å². The van der Waals surface area contributed by atoms with Gasteiger partial charge in [-0.2, -0.15) is 0 Å². The second kappa shape index (κ2) is 5.49. The highest BCUT2D eigenvalue weighted by Gasteiger charge is 2.25. The van der Waals surface area contributed by atoms with Crippen molar-refractivity contribution in [1.82, 2.24) is 4.98 Å². The number of nitrogen functional groups attached to an aromatic ring is 1. The zero-order valence-corrected chi connectivity index (χ0v) is 12.5. The van der Waals surface area contributed by atoms with E-state index in [9.17, 15) is 5.11 Å². The number of nitrogens with zero attached hydrogens (tertiary/aromatic N) is 1. The molecule has 21 heavy (non-hydrogen) atoms. The van der Waals surface area contributed by atoms with E-state index in [1.807, 2.05) is 19.1 Å². The van der Waals surface area contributed by atoms with Crippen molar-refractivity contribution in [1.29, 1.82) is 0 Å². The molecule has 0 fully saturated rings. The summed E-state index contributed by atoms with van der Waals surface area (Å²) in [4.78, 5) is 4.00. The molecule has 0 amide bonds. The van der Waals surface area contributed by atoms with E-state index in [-0.39, 0.29) is 0 Å². The van der Waals surface area contributed by atoms with Crippen molar-refractivity contribution in [3.8, 4) is 0 Å². The number of aliphatic hydroxyl groups is 1. The number of rotatable bonds is 3. The van der Waals surface area contributed by atoms with E-state index >= 15 is 0 Å². The number of aryl methyl sites for hydroxylation is 2. The number of aromatic nitrogens is 1.